The Kier molecular flexibility index (Phi) is 19.1. The lowest BCUT2D eigenvalue weighted by Gasteiger charge is -2.20. The van der Waals surface area contributed by atoms with Crippen LogP contribution in [-0.4, -0.2) is 26.4 Å². The van der Waals surface area contributed by atoms with E-state index in [2.05, 4.69) is 83.3 Å². The summed E-state index contributed by atoms with van der Waals surface area (Å²) in [5.74, 6) is 29.4. The highest BCUT2D eigenvalue weighted by atomic mass is 31.2. The molecular weight excluding hydrogens is 574 g/mol. The van der Waals surface area contributed by atoms with Gasteiger partial charge in [0.2, 0.25) is 0 Å². The van der Waals surface area contributed by atoms with Crippen LogP contribution in [-0.2, 0) is 40.0 Å². The first-order chi connectivity index (χ1) is 20.5. The van der Waals surface area contributed by atoms with Gasteiger partial charge in [-0.05, 0) is 75.4 Å². The molecule has 0 amide bonds. The Balaban J connectivity index is 3.62. The van der Waals surface area contributed by atoms with E-state index in [1.54, 1.807) is 26.0 Å². The lowest BCUT2D eigenvalue weighted by atomic mass is 10.1. The molecule has 0 fully saturated rings. The Hall–Kier alpha value is -4.24. The molecule has 0 radical (unpaired) electrons. The van der Waals surface area contributed by atoms with Crippen molar-refractivity contribution in [1.82, 2.24) is 0 Å². The topological polar surface area (TPSA) is 81.7 Å². The highest BCUT2D eigenvalue weighted by Crippen LogP contribution is 2.53. The van der Waals surface area contributed by atoms with Crippen LogP contribution in [0.25, 0.3) is 0 Å². The second-order valence-electron chi connectivity index (χ2n) is 6.95. The fourth-order valence-electron chi connectivity index (χ4n) is 2.72. The van der Waals surface area contributed by atoms with Crippen molar-refractivity contribution in [3.05, 3.63) is 23.3 Å². The van der Waals surface area contributed by atoms with Crippen LogP contribution in [0.3, 0.4) is 0 Å². The van der Waals surface area contributed by atoms with Gasteiger partial charge in [0.05, 0.1) is 39.2 Å². The van der Waals surface area contributed by atoms with E-state index in [0.29, 0.717) is 24.3 Å². The normalized spacial score (nSPS) is 9.12. The summed E-state index contributed by atoms with van der Waals surface area (Å²) < 4.78 is 52.6. The molecule has 0 saturated heterocycles. The molecule has 0 N–H and O–H groups in total. The minimum atomic E-state index is -3.56. The first-order valence-corrected chi connectivity index (χ1v) is 15.3. The van der Waals surface area contributed by atoms with Crippen LogP contribution in [0.2, 0.25) is 0 Å². The maximum absolute atomic E-state index is 13.4. The predicted octanol–water partition coefficient (Wildman–Crippen LogP) is 5.23. The summed E-state index contributed by atoms with van der Waals surface area (Å²) >= 11 is 0. The summed E-state index contributed by atoms with van der Waals surface area (Å²) in [6, 6.07) is 3.18. The van der Waals surface area contributed by atoms with E-state index in [9.17, 15) is 4.57 Å². The molecule has 10 heteroatoms. The number of ether oxygens (including phenoxy) is 2. The number of terminal acetylenes is 2. The van der Waals surface area contributed by atoms with Crippen LogP contribution in [0.1, 0.15) is 38.8 Å². The molecule has 0 unspecified atom stereocenters. The SMILES string of the molecule is C#CC#CC#CC#COc1cc(CP(=O)(OCC)OCC)c(OC#CC#CC#CC#C)cc1COP(OCC)OCC. The average Bonchev–Trinajstić information content (AvgIpc) is 2.96. The predicted molar refractivity (Wildman–Crippen MR) is 162 cm³/mol. The number of hydrogen-bond donors (Lipinski definition) is 0. The van der Waals surface area contributed by atoms with E-state index < -0.39 is 16.2 Å². The zero-order valence-corrected chi connectivity index (χ0v) is 25.5. The molecular formula is C32H28O8P2. The molecule has 0 aliphatic carbocycles. The van der Waals surface area contributed by atoms with E-state index in [-0.39, 0.29) is 37.5 Å². The lowest BCUT2D eigenvalue weighted by Crippen LogP contribution is -2.04. The third-order valence-electron chi connectivity index (χ3n) is 4.12. The Labute approximate surface area is 250 Å². The maximum Gasteiger partial charge on any atom is 0.335 e. The molecule has 8 nitrogen and oxygen atoms in total. The number of hydrogen-bond acceptors (Lipinski definition) is 8. The third kappa shape index (κ3) is 14.9. The summed E-state index contributed by atoms with van der Waals surface area (Å²) in [4.78, 5) is 0. The van der Waals surface area contributed by atoms with Gasteiger partial charge in [-0.2, -0.15) is 0 Å². The van der Waals surface area contributed by atoms with Crippen LogP contribution in [0, 0.1) is 96.1 Å². The van der Waals surface area contributed by atoms with Gasteiger partial charge in [-0.1, -0.05) is 0 Å². The summed E-state index contributed by atoms with van der Waals surface area (Å²) in [6.07, 6.45) is 15.0. The smallest absolute Gasteiger partial charge is 0.335 e. The minimum absolute atomic E-state index is 0.0117. The monoisotopic (exact) mass is 602 g/mol. The van der Waals surface area contributed by atoms with Crippen LogP contribution in [0.4, 0.5) is 0 Å². The average molecular weight is 603 g/mol. The Morgan fingerprint density at radius 1 is 0.643 bits per heavy atom. The molecule has 1 aromatic rings. The highest BCUT2D eigenvalue weighted by molar-refractivity contribution is 7.53. The Bertz CT molecular complexity index is 1550. The fourth-order valence-corrected chi connectivity index (χ4v) is 5.32. The Morgan fingerprint density at radius 3 is 1.57 bits per heavy atom. The quantitative estimate of drug-likeness (QED) is 0.200. The third-order valence-corrected chi connectivity index (χ3v) is 7.43. The van der Waals surface area contributed by atoms with Gasteiger partial charge >= 0.3 is 16.2 Å². The molecule has 42 heavy (non-hydrogen) atoms. The molecule has 0 atom stereocenters. The summed E-state index contributed by atoms with van der Waals surface area (Å²) in [5.41, 5.74) is 0.892. The van der Waals surface area contributed by atoms with Crippen molar-refractivity contribution < 1.29 is 36.7 Å². The summed E-state index contributed by atoms with van der Waals surface area (Å²) in [7, 11) is -5.20. The largest absolute Gasteiger partial charge is 0.406 e. The van der Waals surface area contributed by atoms with Crippen LogP contribution < -0.4 is 9.47 Å². The van der Waals surface area contributed by atoms with Crippen molar-refractivity contribution in [3.63, 3.8) is 0 Å². The van der Waals surface area contributed by atoms with E-state index in [1.165, 1.54) is 0 Å². The molecule has 214 valence electrons. The molecule has 0 spiro atoms. The van der Waals surface area contributed by atoms with Gasteiger partial charge in [-0.3, -0.25) is 4.57 Å². The van der Waals surface area contributed by atoms with E-state index in [1.807, 2.05) is 13.8 Å². The second-order valence-corrected chi connectivity index (χ2v) is 10.2. The van der Waals surface area contributed by atoms with Gasteiger partial charge in [0.25, 0.3) is 0 Å². The maximum atomic E-state index is 13.4. The van der Waals surface area contributed by atoms with Gasteiger partial charge in [0.15, 0.2) is 0 Å². The molecule has 0 aliphatic rings. The molecule has 0 aromatic heterocycles. The van der Waals surface area contributed by atoms with Crippen molar-refractivity contribution in [2.24, 2.45) is 0 Å². The zero-order valence-electron chi connectivity index (χ0n) is 23.7. The van der Waals surface area contributed by atoms with Crippen molar-refractivity contribution in [2.45, 2.75) is 40.5 Å². The minimum Gasteiger partial charge on any atom is -0.406 e. The fraction of sp³-hybridized carbons (Fsp3) is 0.312. The van der Waals surface area contributed by atoms with E-state index in [4.69, 9.17) is 44.9 Å². The van der Waals surface area contributed by atoms with Gasteiger partial charge in [0.1, 0.15) is 23.7 Å². The van der Waals surface area contributed by atoms with E-state index >= 15 is 0 Å². The number of benzene rings is 1. The van der Waals surface area contributed by atoms with Gasteiger partial charge in [0, 0.05) is 46.6 Å². The molecule has 1 rings (SSSR count). The molecule has 0 bridgehead atoms. The van der Waals surface area contributed by atoms with Gasteiger partial charge < -0.3 is 32.1 Å². The van der Waals surface area contributed by atoms with Crippen molar-refractivity contribution in [1.29, 1.82) is 0 Å². The van der Waals surface area contributed by atoms with E-state index in [0.717, 1.165) is 0 Å². The van der Waals surface area contributed by atoms with Gasteiger partial charge in [-0.25, -0.2) is 0 Å². The van der Waals surface area contributed by atoms with Crippen LogP contribution in [0.15, 0.2) is 12.1 Å². The van der Waals surface area contributed by atoms with Crippen molar-refractivity contribution in [3.8, 4) is 108 Å². The second kappa shape index (κ2) is 22.4. The summed E-state index contributed by atoms with van der Waals surface area (Å²) in [5, 5.41) is 0. The molecule has 0 saturated carbocycles. The van der Waals surface area contributed by atoms with Crippen LogP contribution >= 0.6 is 16.2 Å². The Morgan fingerprint density at radius 2 is 1.10 bits per heavy atom. The first-order valence-electron chi connectivity index (χ1n) is 12.4. The molecule has 1 aromatic carbocycles. The standard InChI is InChI=1S/C32H28O8P2/c1-7-13-15-17-19-21-23-34-31-26-30(28-42(33,39-11-5)40-12-6)32(35-24-22-20-18-16-14-8-2)25-29(31)27-38-41(36-9-3)37-10-4/h1-2,25-26H,9-12,27-28H2,3-6H3. The number of rotatable bonds is 15. The van der Waals surface area contributed by atoms with Crippen molar-refractivity contribution >= 4 is 16.2 Å². The lowest BCUT2D eigenvalue weighted by molar-refractivity contribution is 0.164. The summed E-state index contributed by atoms with van der Waals surface area (Å²) in [6.45, 7) is 8.18. The van der Waals surface area contributed by atoms with Crippen molar-refractivity contribution in [2.75, 3.05) is 26.4 Å². The first kappa shape index (κ1) is 35.8. The van der Waals surface area contributed by atoms with Crippen LogP contribution in [0.5, 0.6) is 11.5 Å². The molecule has 0 aliphatic heterocycles. The highest BCUT2D eigenvalue weighted by Gasteiger charge is 2.27. The zero-order chi connectivity index (χ0) is 30.9. The molecule has 0 heterocycles. The van der Waals surface area contributed by atoms with Gasteiger partial charge in [-0.15, -0.1) is 12.8 Å².